The number of ether oxygens (including phenoxy) is 3. The lowest BCUT2D eigenvalue weighted by Crippen LogP contribution is -2.36. The second-order valence-corrected chi connectivity index (χ2v) is 8.97. The first-order chi connectivity index (χ1) is 16.6. The van der Waals surface area contributed by atoms with Crippen LogP contribution >= 0.6 is 15.9 Å². The van der Waals surface area contributed by atoms with Crippen LogP contribution in [0.25, 0.3) is 5.69 Å². The number of rotatable bonds is 9. The Morgan fingerprint density at radius 3 is 2.43 bits per heavy atom. The van der Waals surface area contributed by atoms with E-state index in [2.05, 4.69) is 26.0 Å². The third-order valence-corrected chi connectivity index (χ3v) is 5.66. The van der Waals surface area contributed by atoms with Crippen LogP contribution in [0.2, 0.25) is 0 Å². The molecule has 0 saturated heterocycles. The lowest BCUT2D eigenvalue weighted by atomic mass is 10.1. The summed E-state index contributed by atoms with van der Waals surface area (Å²) >= 11 is 3.44. The molecule has 1 N–H and O–H groups in total. The van der Waals surface area contributed by atoms with E-state index in [1.807, 2.05) is 32.8 Å². The van der Waals surface area contributed by atoms with Gasteiger partial charge in [0.05, 0.1) is 23.9 Å². The Morgan fingerprint density at radius 2 is 1.83 bits per heavy atom. The van der Waals surface area contributed by atoms with Gasteiger partial charge in [-0.2, -0.15) is 9.78 Å². The van der Waals surface area contributed by atoms with Gasteiger partial charge >= 0.3 is 11.7 Å². The number of aromatic amines is 1. The number of H-pyrrole nitrogens is 1. The summed E-state index contributed by atoms with van der Waals surface area (Å²) in [6.45, 7) is 4.49. The Balaban J connectivity index is 1.89. The number of methoxy groups -OCH3 is 1. The molecular formula is C24H27BrN4O6. The highest BCUT2D eigenvalue weighted by Crippen LogP contribution is 2.34. The van der Waals surface area contributed by atoms with E-state index in [9.17, 15) is 14.4 Å². The monoisotopic (exact) mass is 546 g/mol. The first-order valence-electron chi connectivity index (χ1n) is 10.8. The van der Waals surface area contributed by atoms with E-state index in [1.165, 1.54) is 0 Å². The number of hydrogen-bond acceptors (Lipinski definition) is 8. The summed E-state index contributed by atoms with van der Waals surface area (Å²) in [5.74, 6) is 0.980. The first kappa shape index (κ1) is 26.2. The summed E-state index contributed by atoms with van der Waals surface area (Å²) in [6.07, 6.45) is 0.598. The molecule has 0 unspecified atom stereocenters. The molecule has 0 aliphatic heterocycles. The van der Waals surface area contributed by atoms with Crippen LogP contribution in [-0.2, 0) is 4.74 Å². The van der Waals surface area contributed by atoms with Crippen LogP contribution in [0.3, 0.4) is 0 Å². The third kappa shape index (κ3) is 6.37. The fourth-order valence-electron chi connectivity index (χ4n) is 3.36. The number of benzene rings is 2. The number of carbonyl (C=O) groups is 1. The number of nitrogens with zero attached hydrogens (tertiary/aromatic N) is 3. The topological polar surface area (TPSA) is 116 Å². The Labute approximate surface area is 210 Å². The molecular weight excluding hydrogens is 520 g/mol. The van der Waals surface area contributed by atoms with E-state index < -0.39 is 22.9 Å². The number of hydrogen-bond donors (Lipinski definition) is 1. The molecule has 35 heavy (non-hydrogen) atoms. The molecule has 0 spiro atoms. The number of carbonyl (C=O) groups excluding carboxylic acids is 1. The number of nitrogens with one attached hydrogen (secondary N) is 1. The summed E-state index contributed by atoms with van der Waals surface area (Å²) in [5.41, 5.74) is -0.355. The minimum Gasteiger partial charge on any atom is -0.496 e. The van der Waals surface area contributed by atoms with Gasteiger partial charge < -0.3 is 19.1 Å². The van der Waals surface area contributed by atoms with E-state index in [4.69, 9.17) is 14.2 Å². The Kier molecular flexibility index (Phi) is 8.47. The van der Waals surface area contributed by atoms with Crippen molar-refractivity contribution in [2.24, 2.45) is 0 Å². The standard InChI is InChI=1S/C24H27BrN4O6/c1-14-11-16(12-15(2)21(14)35-17-7-8-19(33-5)18(25)13-17)29-24(32)26-22(30)20(27-29)23(31)34-10-6-9-28(3)4/h7-8,11-13H,6,9-10H2,1-5H3,(H,26,30,32). The number of aryl methyl sites for hydroxylation is 2. The predicted molar refractivity (Wildman–Crippen MR) is 134 cm³/mol. The molecule has 3 rings (SSSR count). The van der Waals surface area contributed by atoms with Gasteiger partial charge in [-0.25, -0.2) is 9.59 Å². The molecule has 0 aliphatic rings. The van der Waals surface area contributed by atoms with E-state index >= 15 is 0 Å². The van der Waals surface area contributed by atoms with Crippen LogP contribution in [0.4, 0.5) is 0 Å². The normalized spacial score (nSPS) is 10.9. The van der Waals surface area contributed by atoms with Crippen molar-refractivity contribution in [2.75, 3.05) is 34.4 Å². The minimum absolute atomic E-state index is 0.128. The average molecular weight is 547 g/mol. The van der Waals surface area contributed by atoms with Gasteiger partial charge in [0, 0.05) is 6.54 Å². The zero-order chi connectivity index (χ0) is 25.7. The van der Waals surface area contributed by atoms with Crippen molar-refractivity contribution in [1.29, 1.82) is 0 Å². The van der Waals surface area contributed by atoms with Crippen LogP contribution in [-0.4, -0.2) is 60.0 Å². The van der Waals surface area contributed by atoms with Crippen molar-refractivity contribution in [3.8, 4) is 22.9 Å². The molecule has 0 fully saturated rings. The SMILES string of the molecule is COc1ccc(Oc2c(C)cc(-n3nc(C(=O)OCCCN(C)C)c(=O)[nH]c3=O)cc2C)cc1Br. The Hall–Kier alpha value is -3.44. The van der Waals surface area contributed by atoms with E-state index in [0.717, 1.165) is 26.8 Å². The first-order valence-corrected chi connectivity index (χ1v) is 11.6. The maximum atomic E-state index is 12.5. The number of esters is 1. The Morgan fingerprint density at radius 1 is 1.14 bits per heavy atom. The van der Waals surface area contributed by atoms with E-state index in [-0.39, 0.29) is 6.61 Å². The van der Waals surface area contributed by atoms with Crippen molar-refractivity contribution >= 4 is 21.9 Å². The van der Waals surface area contributed by atoms with Crippen molar-refractivity contribution in [3.63, 3.8) is 0 Å². The van der Waals surface area contributed by atoms with E-state index in [1.54, 1.807) is 37.4 Å². The predicted octanol–water partition coefficient (Wildman–Crippen LogP) is 3.21. The largest absolute Gasteiger partial charge is 0.496 e. The van der Waals surface area contributed by atoms with Gasteiger partial charge in [0.2, 0.25) is 5.69 Å². The highest BCUT2D eigenvalue weighted by Gasteiger charge is 2.19. The molecule has 11 heteroatoms. The molecule has 1 heterocycles. The van der Waals surface area contributed by atoms with Gasteiger partial charge in [-0.05, 0) is 91.8 Å². The molecule has 0 saturated carbocycles. The van der Waals surface area contributed by atoms with Crippen LogP contribution < -0.4 is 20.7 Å². The molecule has 3 aromatic rings. The van der Waals surface area contributed by atoms with Gasteiger partial charge in [0.1, 0.15) is 17.2 Å². The fraction of sp³-hybridized carbons (Fsp3) is 0.333. The number of aromatic nitrogens is 3. The quantitative estimate of drug-likeness (QED) is 0.321. The molecule has 0 aliphatic carbocycles. The molecule has 0 bridgehead atoms. The van der Waals surface area contributed by atoms with Crippen LogP contribution in [0.5, 0.6) is 17.2 Å². The highest BCUT2D eigenvalue weighted by atomic mass is 79.9. The van der Waals surface area contributed by atoms with Crippen molar-refractivity contribution in [2.45, 2.75) is 20.3 Å². The molecule has 10 nitrogen and oxygen atoms in total. The number of halogens is 1. The van der Waals surface area contributed by atoms with Crippen LogP contribution in [0.1, 0.15) is 28.0 Å². The molecule has 1 aromatic heterocycles. The lowest BCUT2D eigenvalue weighted by molar-refractivity contribution is 0.0481. The van der Waals surface area contributed by atoms with Crippen molar-refractivity contribution < 1.29 is 19.0 Å². The molecule has 186 valence electrons. The zero-order valence-electron chi connectivity index (χ0n) is 20.2. The summed E-state index contributed by atoms with van der Waals surface area (Å²) in [7, 11) is 5.39. The maximum absolute atomic E-state index is 12.5. The van der Waals surface area contributed by atoms with Gasteiger partial charge in [-0.3, -0.25) is 9.78 Å². The summed E-state index contributed by atoms with van der Waals surface area (Å²) < 4.78 is 18.2. The molecule has 2 aromatic carbocycles. The lowest BCUT2D eigenvalue weighted by Gasteiger charge is -2.15. The van der Waals surface area contributed by atoms with Crippen LogP contribution in [0, 0.1) is 13.8 Å². The van der Waals surface area contributed by atoms with Crippen molar-refractivity contribution in [1.82, 2.24) is 19.7 Å². The second kappa shape index (κ2) is 11.3. The van der Waals surface area contributed by atoms with Crippen LogP contribution in [0.15, 0.2) is 44.4 Å². The van der Waals surface area contributed by atoms with Gasteiger partial charge in [0.15, 0.2) is 0 Å². The van der Waals surface area contributed by atoms with Gasteiger partial charge in [0.25, 0.3) is 5.56 Å². The fourth-order valence-corrected chi connectivity index (χ4v) is 3.88. The molecule has 0 amide bonds. The van der Waals surface area contributed by atoms with Gasteiger partial charge in [-0.15, -0.1) is 0 Å². The smallest absolute Gasteiger partial charge is 0.364 e. The summed E-state index contributed by atoms with van der Waals surface area (Å²) in [5, 5.41) is 4.00. The van der Waals surface area contributed by atoms with Gasteiger partial charge in [-0.1, -0.05) is 0 Å². The zero-order valence-corrected chi connectivity index (χ0v) is 21.8. The second-order valence-electron chi connectivity index (χ2n) is 8.12. The highest BCUT2D eigenvalue weighted by molar-refractivity contribution is 9.10. The average Bonchev–Trinajstić information content (AvgIpc) is 2.79. The summed E-state index contributed by atoms with van der Waals surface area (Å²) in [4.78, 5) is 41.2. The molecule has 0 radical (unpaired) electrons. The third-order valence-electron chi connectivity index (χ3n) is 5.04. The minimum atomic E-state index is -0.901. The Bertz CT molecular complexity index is 1330. The maximum Gasteiger partial charge on any atom is 0.364 e. The van der Waals surface area contributed by atoms with Crippen molar-refractivity contribution in [3.05, 3.63) is 72.5 Å². The summed E-state index contributed by atoms with van der Waals surface area (Å²) in [6, 6.07) is 8.71. The van der Waals surface area contributed by atoms with E-state index in [0.29, 0.717) is 29.4 Å². The molecule has 0 atom stereocenters.